The van der Waals surface area contributed by atoms with Gasteiger partial charge in [-0.3, -0.25) is 14.4 Å². The van der Waals surface area contributed by atoms with Gasteiger partial charge in [-0.05, 0) is 67.1 Å². The Morgan fingerprint density at radius 3 is 2.52 bits per heavy atom. The normalized spacial score (nSPS) is 16.0. The molecule has 1 aliphatic carbocycles. The summed E-state index contributed by atoms with van der Waals surface area (Å²) in [4.78, 5) is 37.9. The Bertz CT molecular complexity index is 968. The molecule has 1 aliphatic rings. The van der Waals surface area contributed by atoms with Crippen LogP contribution in [0, 0.1) is 0 Å². The van der Waals surface area contributed by atoms with Crippen LogP contribution in [0.3, 0.4) is 0 Å². The number of aryl methyl sites for hydroxylation is 1. The van der Waals surface area contributed by atoms with Crippen molar-refractivity contribution in [2.45, 2.75) is 38.0 Å². The van der Waals surface area contributed by atoms with Crippen LogP contribution < -0.4 is 10.5 Å². The highest BCUT2D eigenvalue weighted by atomic mass is 16.5. The van der Waals surface area contributed by atoms with Gasteiger partial charge in [0.15, 0.2) is 6.61 Å². The SMILES string of the molecule is CC(C(=O)OCC(=O)N(C)C)c1ccc(OC(=O)C2CCCc3ccc(N)cc32)cc1. The Morgan fingerprint density at radius 1 is 1.13 bits per heavy atom. The molecule has 0 heterocycles. The van der Waals surface area contributed by atoms with E-state index < -0.39 is 11.9 Å². The number of anilines is 1. The van der Waals surface area contributed by atoms with E-state index in [0.717, 1.165) is 30.4 Å². The quantitative estimate of drug-likeness (QED) is 0.435. The first kappa shape index (κ1) is 22.3. The Kier molecular flexibility index (Phi) is 6.95. The molecule has 2 aromatic carbocycles. The third-order valence-corrected chi connectivity index (χ3v) is 5.56. The molecule has 31 heavy (non-hydrogen) atoms. The molecule has 2 unspecified atom stereocenters. The van der Waals surface area contributed by atoms with E-state index in [1.54, 1.807) is 45.3 Å². The third-order valence-electron chi connectivity index (χ3n) is 5.56. The molecule has 7 heteroatoms. The maximum atomic E-state index is 12.8. The summed E-state index contributed by atoms with van der Waals surface area (Å²) < 4.78 is 10.7. The molecule has 164 valence electrons. The molecule has 0 aliphatic heterocycles. The zero-order chi connectivity index (χ0) is 22.5. The van der Waals surface area contributed by atoms with Gasteiger partial charge in [0.1, 0.15) is 5.75 Å². The predicted molar refractivity (Wildman–Crippen MR) is 117 cm³/mol. The van der Waals surface area contributed by atoms with Crippen molar-refractivity contribution in [1.29, 1.82) is 0 Å². The number of hydrogen-bond donors (Lipinski definition) is 1. The van der Waals surface area contributed by atoms with Gasteiger partial charge in [-0.2, -0.15) is 0 Å². The fourth-order valence-electron chi connectivity index (χ4n) is 3.60. The lowest BCUT2D eigenvalue weighted by Crippen LogP contribution is -2.28. The van der Waals surface area contributed by atoms with E-state index >= 15 is 0 Å². The summed E-state index contributed by atoms with van der Waals surface area (Å²) in [5.74, 6) is -1.56. The largest absolute Gasteiger partial charge is 0.455 e. The van der Waals surface area contributed by atoms with E-state index in [9.17, 15) is 14.4 Å². The van der Waals surface area contributed by atoms with Crippen LogP contribution in [0.5, 0.6) is 5.75 Å². The maximum absolute atomic E-state index is 12.8. The van der Waals surface area contributed by atoms with Gasteiger partial charge in [-0.15, -0.1) is 0 Å². The molecular formula is C24H28N2O5. The van der Waals surface area contributed by atoms with Crippen molar-refractivity contribution in [3.8, 4) is 5.75 Å². The highest BCUT2D eigenvalue weighted by Gasteiger charge is 2.28. The molecule has 0 saturated heterocycles. The molecule has 3 rings (SSSR count). The monoisotopic (exact) mass is 424 g/mol. The van der Waals surface area contributed by atoms with Gasteiger partial charge in [-0.25, -0.2) is 0 Å². The minimum atomic E-state index is -0.548. The van der Waals surface area contributed by atoms with Gasteiger partial charge in [0, 0.05) is 19.8 Å². The third kappa shape index (κ3) is 5.42. The number of esters is 2. The molecule has 7 nitrogen and oxygen atoms in total. The van der Waals surface area contributed by atoms with E-state index in [4.69, 9.17) is 15.2 Å². The number of nitrogens with zero attached hydrogens (tertiary/aromatic N) is 1. The Balaban J connectivity index is 1.62. The summed E-state index contributed by atoms with van der Waals surface area (Å²) in [6.07, 6.45) is 2.58. The van der Waals surface area contributed by atoms with Gasteiger partial charge in [0.25, 0.3) is 5.91 Å². The summed E-state index contributed by atoms with van der Waals surface area (Å²) in [5.41, 5.74) is 9.33. The van der Waals surface area contributed by atoms with Crippen molar-refractivity contribution in [1.82, 2.24) is 4.90 Å². The van der Waals surface area contributed by atoms with E-state index in [0.29, 0.717) is 17.0 Å². The van der Waals surface area contributed by atoms with E-state index in [2.05, 4.69) is 0 Å². The molecule has 2 N–H and O–H groups in total. The number of carbonyl (C=O) groups is 3. The minimum absolute atomic E-state index is 0.283. The molecule has 0 aromatic heterocycles. The number of carbonyl (C=O) groups excluding carboxylic acids is 3. The average Bonchev–Trinajstić information content (AvgIpc) is 2.76. The van der Waals surface area contributed by atoms with E-state index in [-0.39, 0.29) is 24.4 Å². The summed E-state index contributed by atoms with van der Waals surface area (Å²) in [7, 11) is 3.20. The number of amides is 1. The van der Waals surface area contributed by atoms with Crippen molar-refractivity contribution in [3.63, 3.8) is 0 Å². The van der Waals surface area contributed by atoms with Gasteiger partial charge in [0.2, 0.25) is 0 Å². The van der Waals surface area contributed by atoms with Crippen molar-refractivity contribution in [3.05, 3.63) is 59.2 Å². The number of benzene rings is 2. The van der Waals surface area contributed by atoms with Crippen LogP contribution in [0.2, 0.25) is 0 Å². The summed E-state index contributed by atoms with van der Waals surface area (Å²) in [6.45, 7) is 1.41. The molecule has 0 radical (unpaired) electrons. The molecule has 1 amide bonds. The second-order valence-corrected chi connectivity index (χ2v) is 8.01. The van der Waals surface area contributed by atoms with Gasteiger partial charge in [-0.1, -0.05) is 18.2 Å². The Labute approximate surface area is 182 Å². The van der Waals surface area contributed by atoms with Crippen LogP contribution in [0.25, 0.3) is 0 Å². The lowest BCUT2D eigenvalue weighted by molar-refractivity contribution is -0.152. The zero-order valence-corrected chi connectivity index (χ0v) is 18.1. The molecular weight excluding hydrogens is 396 g/mol. The number of likely N-dealkylation sites (N-methyl/N-ethyl adjacent to an activating group) is 1. The first-order valence-corrected chi connectivity index (χ1v) is 10.3. The Morgan fingerprint density at radius 2 is 1.84 bits per heavy atom. The second-order valence-electron chi connectivity index (χ2n) is 8.01. The standard InChI is InChI=1S/C24H28N2O5/c1-15(23(28)30-14-22(27)26(2)3)16-8-11-19(12-9-16)31-24(29)20-6-4-5-17-7-10-18(25)13-21(17)20/h7-13,15,20H,4-6,14,25H2,1-3H3. The smallest absolute Gasteiger partial charge is 0.318 e. The molecule has 0 fully saturated rings. The number of ether oxygens (including phenoxy) is 2. The topological polar surface area (TPSA) is 98.9 Å². The number of hydrogen-bond acceptors (Lipinski definition) is 6. The molecule has 2 atom stereocenters. The van der Waals surface area contributed by atoms with Crippen molar-refractivity contribution in [2.24, 2.45) is 0 Å². The lowest BCUT2D eigenvalue weighted by atomic mass is 9.82. The number of rotatable bonds is 6. The molecule has 2 aromatic rings. The van der Waals surface area contributed by atoms with Crippen LogP contribution in [0.4, 0.5) is 5.69 Å². The average molecular weight is 424 g/mol. The minimum Gasteiger partial charge on any atom is -0.455 e. The fraction of sp³-hybridized carbons (Fsp3) is 0.375. The van der Waals surface area contributed by atoms with Gasteiger partial charge in [0.05, 0.1) is 11.8 Å². The van der Waals surface area contributed by atoms with Crippen LogP contribution >= 0.6 is 0 Å². The summed E-state index contributed by atoms with van der Waals surface area (Å²) in [6, 6.07) is 12.4. The van der Waals surface area contributed by atoms with Crippen LogP contribution in [0.15, 0.2) is 42.5 Å². The highest BCUT2D eigenvalue weighted by Crippen LogP contribution is 2.34. The number of fused-ring (bicyclic) bond motifs is 1. The van der Waals surface area contributed by atoms with Crippen LogP contribution in [-0.4, -0.2) is 43.4 Å². The van der Waals surface area contributed by atoms with Crippen LogP contribution in [0.1, 0.15) is 48.3 Å². The zero-order valence-electron chi connectivity index (χ0n) is 18.1. The number of nitrogen functional groups attached to an aromatic ring is 1. The lowest BCUT2D eigenvalue weighted by Gasteiger charge is -2.24. The maximum Gasteiger partial charge on any atom is 0.318 e. The van der Waals surface area contributed by atoms with Crippen LogP contribution in [-0.2, 0) is 25.5 Å². The summed E-state index contributed by atoms with van der Waals surface area (Å²) >= 11 is 0. The summed E-state index contributed by atoms with van der Waals surface area (Å²) in [5, 5.41) is 0. The van der Waals surface area contributed by atoms with Gasteiger partial charge >= 0.3 is 11.9 Å². The van der Waals surface area contributed by atoms with Crippen molar-refractivity contribution in [2.75, 3.05) is 26.4 Å². The second kappa shape index (κ2) is 9.64. The molecule has 0 saturated carbocycles. The van der Waals surface area contributed by atoms with Crippen molar-refractivity contribution < 1.29 is 23.9 Å². The molecule has 0 bridgehead atoms. The van der Waals surface area contributed by atoms with E-state index in [1.165, 1.54) is 4.90 Å². The predicted octanol–water partition coefficient (Wildman–Crippen LogP) is 3.03. The Hall–Kier alpha value is -3.35. The number of nitrogens with two attached hydrogens (primary N) is 1. The van der Waals surface area contributed by atoms with Gasteiger partial charge < -0.3 is 20.1 Å². The first-order valence-electron chi connectivity index (χ1n) is 10.3. The fourth-order valence-corrected chi connectivity index (χ4v) is 3.60. The first-order chi connectivity index (χ1) is 14.8. The van der Waals surface area contributed by atoms with E-state index in [1.807, 2.05) is 18.2 Å². The van der Waals surface area contributed by atoms with Crippen molar-refractivity contribution >= 4 is 23.5 Å². The highest BCUT2D eigenvalue weighted by molar-refractivity contribution is 5.83. The molecule has 0 spiro atoms.